The molecule has 0 aliphatic carbocycles. The van der Waals surface area contributed by atoms with Crippen LogP contribution in [0.5, 0.6) is 0 Å². The second-order valence-electron chi connectivity index (χ2n) is 4.02. The lowest BCUT2D eigenvalue weighted by Gasteiger charge is -2.25. The normalized spacial score (nSPS) is 18.4. The van der Waals surface area contributed by atoms with Crippen LogP contribution < -0.4 is 10.0 Å². The zero-order valence-electron chi connectivity index (χ0n) is 10.4. The molecule has 7 heteroatoms. The highest BCUT2D eigenvalue weighted by atomic mass is 32.2. The topological polar surface area (TPSA) is 61.4 Å². The summed E-state index contributed by atoms with van der Waals surface area (Å²) in [6, 6.07) is 0. The van der Waals surface area contributed by atoms with Gasteiger partial charge in [0.25, 0.3) is 0 Å². The van der Waals surface area contributed by atoms with E-state index in [1.165, 1.54) is 0 Å². The Kier molecular flexibility index (Phi) is 7.45. The minimum absolute atomic E-state index is 0.163. The fourth-order valence-corrected chi connectivity index (χ4v) is 3.58. The molecular formula is C10H23N3O2S2. The molecule has 0 aromatic heterocycles. The van der Waals surface area contributed by atoms with Gasteiger partial charge in [-0.05, 0) is 6.54 Å². The molecular weight excluding hydrogens is 258 g/mol. The minimum Gasteiger partial charge on any atom is -0.316 e. The largest absolute Gasteiger partial charge is 0.316 e. The van der Waals surface area contributed by atoms with Crippen molar-refractivity contribution >= 4 is 21.8 Å². The predicted molar refractivity (Wildman–Crippen MR) is 74.1 cm³/mol. The highest BCUT2D eigenvalue weighted by molar-refractivity contribution is 7.99. The van der Waals surface area contributed by atoms with Crippen LogP contribution in [0.4, 0.5) is 0 Å². The van der Waals surface area contributed by atoms with Crippen LogP contribution in [0.1, 0.15) is 6.92 Å². The van der Waals surface area contributed by atoms with Gasteiger partial charge in [0, 0.05) is 44.2 Å². The minimum atomic E-state index is -3.10. The summed E-state index contributed by atoms with van der Waals surface area (Å²) in [6.45, 7) is 6.79. The maximum Gasteiger partial charge on any atom is 0.212 e. The number of nitrogens with zero attached hydrogens (tertiary/aromatic N) is 1. The van der Waals surface area contributed by atoms with E-state index in [-0.39, 0.29) is 5.75 Å². The third-order valence-corrected chi connectivity index (χ3v) is 4.98. The van der Waals surface area contributed by atoms with Gasteiger partial charge in [0.05, 0.1) is 5.75 Å². The number of sulfonamides is 1. The first kappa shape index (κ1) is 15.2. The van der Waals surface area contributed by atoms with Gasteiger partial charge in [-0.2, -0.15) is 11.8 Å². The Hall–Kier alpha value is 0.180. The molecule has 2 N–H and O–H groups in total. The number of hydrogen-bond donors (Lipinski definition) is 2. The molecule has 0 aromatic rings. The SMILES string of the molecule is CCNCCS(=O)(=O)NCCN1CCSCC1. The molecule has 0 spiro atoms. The summed E-state index contributed by atoms with van der Waals surface area (Å²) in [6.07, 6.45) is 0. The lowest BCUT2D eigenvalue weighted by atomic mass is 10.5. The molecule has 0 radical (unpaired) electrons. The third kappa shape index (κ3) is 7.25. The Morgan fingerprint density at radius 1 is 1.24 bits per heavy atom. The second kappa shape index (κ2) is 8.31. The molecule has 1 rings (SSSR count). The van der Waals surface area contributed by atoms with Gasteiger partial charge in [0.15, 0.2) is 0 Å². The van der Waals surface area contributed by atoms with Crippen molar-refractivity contribution in [2.75, 3.05) is 56.5 Å². The third-order valence-electron chi connectivity index (χ3n) is 2.65. The highest BCUT2D eigenvalue weighted by Crippen LogP contribution is 2.07. The van der Waals surface area contributed by atoms with E-state index in [1.807, 2.05) is 18.7 Å². The fourth-order valence-electron chi connectivity index (χ4n) is 1.64. The Balaban J connectivity index is 2.11. The average Bonchev–Trinajstić information content (AvgIpc) is 2.30. The van der Waals surface area contributed by atoms with Gasteiger partial charge in [0.2, 0.25) is 10.0 Å². The summed E-state index contributed by atoms with van der Waals surface area (Å²) in [5.74, 6) is 2.48. The van der Waals surface area contributed by atoms with Gasteiger partial charge in [0.1, 0.15) is 0 Å². The summed E-state index contributed by atoms with van der Waals surface area (Å²) in [5, 5.41) is 3.01. The molecule has 1 heterocycles. The van der Waals surface area contributed by atoms with E-state index in [4.69, 9.17) is 0 Å². The van der Waals surface area contributed by atoms with Gasteiger partial charge in [-0.15, -0.1) is 0 Å². The average molecular weight is 281 g/mol. The van der Waals surface area contributed by atoms with Gasteiger partial charge in [-0.25, -0.2) is 13.1 Å². The Morgan fingerprint density at radius 2 is 1.94 bits per heavy atom. The number of rotatable bonds is 8. The Morgan fingerprint density at radius 3 is 2.59 bits per heavy atom. The molecule has 1 aliphatic rings. The van der Waals surface area contributed by atoms with Gasteiger partial charge in [-0.3, -0.25) is 0 Å². The van der Waals surface area contributed by atoms with Gasteiger partial charge in [-0.1, -0.05) is 6.92 Å². The highest BCUT2D eigenvalue weighted by Gasteiger charge is 2.12. The molecule has 0 atom stereocenters. The smallest absolute Gasteiger partial charge is 0.212 e. The summed E-state index contributed by atoms with van der Waals surface area (Å²) in [5.41, 5.74) is 0. The molecule has 5 nitrogen and oxygen atoms in total. The molecule has 1 saturated heterocycles. The van der Waals surface area contributed by atoms with Crippen molar-refractivity contribution in [3.8, 4) is 0 Å². The monoisotopic (exact) mass is 281 g/mol. The van der Waals surface area contributed by atoms with E-state index >= 15 is 0 Å². The zero-order chi connectivity index (χ0) is 12.6. The number of nitrogens with one attached hydrogen (secondary N) is 2. The van der Waals surface area contributed by atoms with Crippen molar-refractivity contribution in [2.45, 2.75) is 6.92 Å². The van der Waals surface area contributed by atoms with Crippen LogP contribution >= 0.6 is 11.8 Å². The standard InChI is InChI=1S/C10H23N3O2S2/c1-2-11-4-10-17(14,15)12-3-5-13-6-8-16-9-7-13/h11-12H,2-10H2,1H3. The first-order valence-electron chi connectivity index (χ1n) is 6.12. The van der Waals surface area contributed by atoms with E-state index in [2.05, 4.69) is 14.9 Å². The molecule has 102 valence electrons. The first-order valence-corrected chi connectivity index (χ1v) is 8.93. The summed E-state index contributed by atoms with van der Waals surface area (Å²) in [7, 11) is -3.10. The zero-order valence-corrected chi connectivity index (χ0v) is 12.1. The van der Waals surface area contributed by atoms with Crippen LogP contribution in [0, 0.1) is 0 Å². The summed E-state index contributed by atoms with van der Waals surface area (Å²) >= 11 is 1.96. The molecule has 1 aliphatic heterocycles. The van der Waals surface area contributed by atoms with Crippen molar-refractivity contribution in [3.05, 3.63) is 0 Å². The van der Waals surface area contributed by atoms with Crippen LogP contribution in [0.15, 0.2) is 0 Å². The van der Waals surface area contributed by atoms with E-state index < -0.39 is 10.0 Å². The van der Waals surface area contributed by atoms with Crippen molar-refractivity contribution in [3.63, 3.8) is 0 Å². The fraction of sp³-hybridized carbons (Fsp3) is 1.00. The van der Waals surface area contributed by atoms with Crippen molar-refractivity contribution in [2.24, 2.45) is 0 Å². The maximum absolute atomic E-state index is 11.6. The number of hydrogen-bond acceptors (Lipinski definition) is 5. The molecule has 1 fully saturated rings. The molecule has 0 aromatic carbocycles. The molecule has 0 bridgehead atoms. The second-order valence-corrected chi connectivity index (χ2v) is 7.17. The summed E-state index contributed by atoms with van der Waals surface area (Å²) < 4.78 is 25.8. The van der Waals surface area contributed by atoms with Crippen LogP contribution in [-0.2, 0) is 10.0 Å². The van der Waals surface area contributed by atoms with Gasteiger partial charge < -0.3 is 10.2 Å². The van der Waals surface area contributed by atoms with E-state index in [0.717, 1.165) is 37.7 Å². The summed E-state index contributed by atoms with van der Waals surface area (Å²) in [4.78, 5) is 2.31. The maximum atomic E-state index is 11.6. The lowest BCUT2D eigenvalue weighted by molar-refractivity contribution is 0.307. The van der Waals surface area contributed by atoms with Crippen molar-refractivity contribution in [1.82, 2.24) is 14.9 Å². The van der Waals surface area contributed by atoms with Crippen LogP contribution in [0.25, 0.3) is 0 Å². The van der Waals surface area contributed by atoms with Crippen molar-refractivity contribution < 1.29 is 8.42 Å². The first-order chi connectivity index (χ1) is 8.14. The molecule has 0 saturated carbocycles. The lowest BCUT2D eigenvalue weighted by Crippen LogP contribution is -2.40. The van der Waals surface area contributed by atoms with Crippen LogP contribution in [0.2, 0.25) is 0 Å². The Labute approximate surface area is 109 Å². The van der Waals surface area contributed by atoms with E-state index in [0.29, 0.717) is 13.1 Å². The van der Waals surface area contributed by atoms with Crippen molar-refractivity contribution in [1.29, 1.82) is 0 Å². The van der Waals surface area contributed by atoms with Crippen LogP contribution in [-0.4, -0.2) is 69.8 Å². The predicted octanol–water partition coefficient (Wildman–Crippen LogP) is -0.436. The number of thioether (sulfide) groups is 1. The van der Waals surface area contributed by atoms with Gasteiger partial charge >= 0.3 is 0 Å². The quantitative estimate of drug-likeness (QED) is 0.591. The Bertz CT molecular complexity index is 290. The van der Waals surface area contributed by atoms with E-state index in [1.54, 1.807) is 0 Å². The van der Waals surface area contributed by atoms with Crippen LogP contribution in [0.3, 0.4) is 0 Å². The van der Waals surface area contributed by atoms with E-state index in [9.17, 15) is 8.42 Å². The molecule has 17 heavy (non-hydrogen) atoms. The molecule has 0 unspecified atom stereocenters. The molecule has 0 amide bonds.